The minimum Gasteiger partial charge on any atom is -0.507 e. The van der Waals surface area contributed by atoms with E-state index < -0.39 is 17.7 Å². The van der Waals surface area contributed by atoms with Gasteiger partial charge in [-0.2, -0.15) is 0 Å². The first-order valence-electron chi connectivity index (χ1n) is 10.6. The number of likely N-dealkylation sites (tertiary alicyclic amines) is 1. The number of nitrogens with zero attached hydrogens (tertiary/aromatic N) is 2. The second-order valence-corrected chi connectivity index (χ2v) is 7.51. The fourth-order valence-corrected chi connectivity index (χ4v) is 3.89. The van der Waals surface area contributed by atoms with Gasteiger partial charge in [0.1, 0.15) is 17.3 Å². The van der Waals surface area contributed by atoms with Crippen LogP contribution in [0.4, 0.5) is 0 Å². The van der Waals surface area contributed by atoms with Crippen molar-refractivity contribution in [3.63, 3.8) is 0 Å². The topological polar surface area (TPSA) is 89.0 Å². The Bertz CT molecular complexity index is 1170. The molecule has 0 aliphatic carbocycles. The predicted octanol–water partition coefficient (Wildman–Crippen LogP) is 4.11. The van der Waals surface area contributed by atoms with Crippen LogP contribution < -0.4 is 9.47 Å². The van der Waals surface area contributed by atoms with E-state index in [9.17, 15) is 14.7 Å². The van der Waals surface area contributed by atoms with E-state index in [4.69, 9.17) is 9.47 Å². The number of methoxy groups -OCH3 is 1. The van der Waals surface area contributed by atoms with Gasteiger partial charge in [0.15, 0.2) is 0 Å². The molecule has 1 amide bonds. The van der Waals surface area contributed by atoms with Crippen LogP contribution in [0.25, 0.3) is 5.76 Å². The zero-order valence-corrected chi connectivity index (χ0v) is 18.4. The van der Waals surface area contributed by atoms with E-state index in [1.165, 1.54) is 4.90 Å². The highest BCUT2D eigenvalue weighted by Gasteiger charge is 2.46. The number of ether oxygens (including phenoxy) is 2. The Hall–Kier alpha value is -4.13. The first-order chi connectivity index (χ1) is 16.0. The number of pyridine rings is 1. The molecule has 168 valence electrons. The van der Waals surface area contributed by atoms with Crippen molar-refractivity contribution < 1.29 is 24.2 Å². The van der Waals surface area contributed by atoms with Gasteiger partial charge in [-0.1, -0.05) is 12.1 Å². The molecule has 1 aliphatic rings. The number of hydrogen-bond acceptors (Lipinski definition) is 6. The molecule has 2 aromatic carbocycles. The fourth-order valence-electron chi connectivity index (χ4n) is 3.89. The Kier molecular flexibility index (Phi) is 6.40. The monoisotopic (exact) mass is 444 g/mol. The minimum absolute atomic E-state index is 0.0448. The first kappa shape index (κ1) is 22.1. The van der Waals surface area contributed by atoms with Crippen LogP contribution >= 0.6 is 0 Å². The zero-order valence-electron chi connectivity index (χ0n) is 18.4. The molecule has 0 bridgehead atoms. The molecule has 1 saturated heterocycles. The van der Waals surface area contributed by atoms with E-state index in [0.717, 1.165) is 5.56 Å². The molecule has 1 atom stereocenters. The number of ketones is 1. The van der Waals surface area contributed by atoms with Crippen molar-refractivity contribution in [2.75, 3.05) is 13.7 Å². The van der Waals surface area contributed by atoms with Crippen molar-refractivity contribution in [3.05, 3.63) is 95.3 Å². The molecule has 0 radical (unpaired) electrons. The largest absolute Gasteiger partial charge is 0.507 e. The molecule has 1 aromatic heterocycles. The van der Waals surface area contributed by atoms with Crippen LogP contribution in [0.3, 0.4) is 0 Å². The highest BCUT2D eigenvalue weighted by molar-refractivity contribution is 6.46. The first-order valence-corrected chi connectivity index (χ1v) is 10.6. The van der Waals surface area contributed by atoms with E-state index >= 15 is 0 Å². The number of carbonyl (C=O) groups excluding carboxylic acids is 2. The van der Waals surface area contributed by atoms with Crippen molar-refractivity contribution in [1.82, 2.24) is 9.88 Å². The van der Waals surface area contributed by atoms with Gasteiger partial charge in [-0.15, -0.1) is 0 Å². The third-order valence-corrected chi connectivity index (χ3v) is 5.51. The van der Waals surface area contributed by atoms with Crippen LogP contribution in [0.5, 0.6) is 11.5 Å². The Balaban J connectivity index is 1.81. The molecule has 3 aromatic rings. The zero-order chi connectivity index (χ0) is 23.4. The number of rotatable bonds is 7. The molecular formula is C26H24N2O5. The van der Waals surface area contributed by atoms with Crippen LogP contribution in [-0.2, 0) is 16.1 Å². The molecule has 1 N–H and O–H groups in total. The van der Waals surface area contributed by atoms with E-state index in [1.54, 1.807) is 80.2 Å². The quantitative estimate of drug-likeness (QED) is 0.335. The Labute approximate surface area is 191 Å². The maximum atomic E-state index is 13.1. The smallest absolute Gasteiger partial charge is 0.295 e. The SMILES string of the molecule is CCOc1ccc(/C(O)=C2\C(=O)C(=O)N(Cc3ccncc3)C2c2ccc(OC)cc2)cc1. The summed E-state index contributed by atoms with van der Waals surface area (Å²) in [6.45, 7) is 2.60. The third kappa shape index (κ3) is 4.43. The molecule has 2 heterocycles. The third-order valence-electron chi connectivity index (χ3n) is 5.51. The summed E-state index contributed by atoms with van der Waals surface area (Å²) in [7, 11) is 1.57. The summed E-state index contributed by atoms with van der Waals surface area (Å²) in [5.74, 6) is -0.318. The Morgan fingerprint density at radius 1 is 0.970 bits per heavy atom. The normalized spacial score (nSPS) is 17.3. The number of aliphatic hydroxyl groups is 1. The van der Waals surface area contributed by atoms with E-state index in [1.807, 2.05) is 6.92 Å². The standard InChI is InChI=1S/C26H24N2O5/c1-3-33-21-10-6-19(7-11-21)24(29)22-23(18-4-8-20(32-2)9-5-18)28(26(31)25(22)30)16-17-12-14-27-15-13-17/h4-15,23,29H,3,16H2,1-2H3/b24-22+. The average molecular weight is 444 g/mol. The lowest BCUT2D eigenvalue weighted by atomic mass is 9.95. The molecule has 1 unspecified atom stereocenters. The molecule has 0 saturated carbocycles. The Morgan fingerprint density at radius 3 is 2.21 bits per heavy atom. The van der Waals surface area contributed by atoms with Crippen LogP contribution in [0.2, 0.25) is 0 Å². The summed E-state index contributed by atoms with van der Waals surface area (Å²) in [6.07, 6.45) is 3.27. The summed E-state index contributed by atoms with van der Waals surface area (Å²) < 4.78 is 10.7. The fraction of sp³-hybridized carbons (Fsp3) is 0.192. The highest BCUT2D eigenvalue weighted by Crippen LogP contribution is 2.40. The summed E-state index contributed by atoms with van der Waals surface area (Å²) >= 11 is 0. The van der Waals surface area contributed by atoms with Gasteiger partial charge in [-0.3, -0.25) is 14.6 Å². The van der Waals surface area contributed by atoms with Crippen molar-refractivity contribution in [1.29, 1.82) is 0 Å². The van der Waals surface area contributed by atoms with Crippen LogP contribution in [0.1, 0.15) is 29.7 Å². The van der Waals surface area contributed by atoms with Crippen molar-refractivity contribution in [2.24, 2.45) is 0 Å². The van der Waals surface area contributed by atoms with Crippen LogP contribution in [0.15, 0.2) is 78.6 Å². The van der Waals surface area contributed by atoms with Crippen LogP contribution in [-0.4, -0.2) is 40.4 Å². The molecule has 1 aliphatic heterocycles. The molecule has 0 spiro atoms. The summed E-state index contributed by atoms with van der Waals surface area (Å²) in [6, 6.07) is 16.7. The van der Waals surface area contributed by atoms with Crippen molar-refractivity contribution >= 4 is 17.4 Å². The lowest BCUT2D eigenvalue weighted by Crippen LogP contribution is -2.29. The number of carbonyl (C=O) groups is 2. The molecule has 1 fully saturated rings. The number of benzene rings is 2. The van der Waals surface area contributed by atoms with Gasteiger partial charge in [0.2, 0.25) is 0 Å². The molecule has 7 nitrogen and oxygen atoms in total. The van der Waals surface area contributed by atoms with Gasteiger partial charge >= 0.3 is 0 Å². The van der Waals surface area contributed by atoms with Gasteiger partial charge in [-0.05, 0) is 66.6 Å². The maximum Gasteiger partial charge on any atom is 0.295 e. The lowest BCUT2D eigenvalue weighted by molar-refractivity contribution is -0.140. The van der Waals surface area contributed by atoms with E-state index in [-0.39, 0.29) is 17.9 Å². The summed E-state index contributed by atoms with van der Waals surface area (Å²) in [4.78, 5) is 31.7. The van der Waals surface area contributed by atoms with Crippen LogP contribution in [0, 0.1) is 0 Å². The summed E-state index contributed by atoms with van der Waals surface area (Å²) in [5.41, 5.74) is 1.99. The van der Waals surface area contributed by atoms with Gasteiger partial charge in [0, 0.05) is 24.5 Å². The van der Waals surface area contributed by atoms with Gasteiger partial charge in [0.05, 0.1) is 25.3 Å². The minimum atomic E-state index is -0.754. The number of amides is 1. The molecule has 4 rings (SSSR count). The van der Waals surface area contributed by atoms with Crippen molar-refractivity contribution in [2.45, 2.75) is 19.5 Å². The molecular weight excluding hydrogens is 420 g/mol. The summed E-state index contributed by atoms with van der Waals surface area (Å²) in [5, 5.41) is 11.2. The molecule has 33 heavy (non-hydrogen) atoms. The molecule has 7 heteroatoms. The second-order valence-electron chi connectivity index (χ2n) is 7.51. The van der Waals surface area contributed by atoms with E-state index in [0.29, 0.717) is 29.2 Å². The average Bonchev–Trinajstić information content (AvgIpc) is 3.10. The van der Waals surface area contributed by atoms with E-state index in [2.05, 4.69) is 4.98 Å². The van der Waals surface area contributed by atoms with Gasteiger partial charge in [-0.25, -0.2) is 0 Å². The lowest BCUT2D eigenvalue weighted by Gasteiger charge is -2.25. The number of aliphatic hydroxyl groups excluding tert-OH is 1. The second kappa shape index (κ2) is 9.56. The van der Waals surface area contributed by atoms with Gasteiger partial charge in [0.25, 0.3) is 11.7 Å². The van der Waals surface area contributed by atoms with Crippen molar-refractivity contribution in [3.8, 4) is 11.5 Å². The highest BCUT2D eigenvalue weighted by atomic mass is 16.5. The predicted molar refractivity (Wildman–Crippen MR) is 123 cm³/mol. The maximum absolute atomic E-state index is 13.1. The number of aromatic nitrogens is 1. The van der Waals surface area contributed by atoms with Gasteiger partial charge < -0.3 is 19.5 Å². The Morgan fingerprint density at radius 2 is 1.61 bits per heavy atom. The number of hydrogen-bond donors (Lipinski definition) is 1. The number of Topliss-reactive ketones (excluding diaryl/α,β-unsaturated/α-hetero) is 1.